The van der Waals surface area contributed by atoms with Crippen molar-refractivity contribution in [3.8, 4) is 0 Å². The van der Waals surface area contributed by atoms with E-state index in [4.69, 9.17) is 5.11 Å². The van der Waals surface area contributed by atoms with Crippen LogP contribution in [-0.2, 0) is 9.47 Å². The molecule has 0 unspecified atom stereocenters. The maximum Gasteiger partial charge on any atom is 0.460 e. The first kappa shape index (κ1) is 27.0. The second kappa shape index (κ2) is 8.77. The molecule has 28 heavy (non-hydrogen) atoms. The summed E-state index contributed by atoms with van der Waals surface area (Å²) in [7, 11) is 0. The summed E-state index contributed by atoms with van der Waals surface area (Å²) < 4.78 is 175. The molecule has 0 saturated carbocycles. The summed E-state index contributed by atoms with van der Waals surface area (Å²) in [6.45, 7) is -3.14. The molecule has 1 N–H and O–H groups in total. The van der Waals surface area contributed by atoms with Crippen molar-refractivity contribution in [1.29, 1.82) is 0 Å². The van der Waals surface area contributed by atoms with Crippen LogP contribution in [0.2, 0.25) is 0 Å². The largest absolute Gasteiger partial charge is 0.460 e. The molecule has 0 aromatic carbocycles. The molecule has 0 aliphatic heterocycles. The van der Waals surface area contributed by atoms with Gasteiger partial charge in [-0.2, -0.15) is 57.1 Å². The summed E-state index contributed by atoms with van der Waals surface area (Å²) >= 11 is 0. The molecule has 0 spiro atoms. The zero-order valence-corrected chi connectivity index (χ0v) is 13.4. The monoisotopic (exact) mass is 452 g/mol. The summed E-state index contributed by atoms with van der Waals surface area (Å²) in [4.78, 5) is 0. The number of hydrogen-bond acceptors (Lipinski definition) is 3. The first-order valence-electron chi connectivity index (χ1n) is 7.03. The molecule has 0 atom stereocenters. The minimum absolute atomic E-state index is 0.230. The molecule has 0 aliphatic rings. The quantitative estimate of drug-likeness (QED) is 0.358. The molecule has 0 fully saturated rings. The normalized spacial score (nSPS) is 15.2. The molecule has 0 aliphatic carbocycles. The lowest BCUT2D eigenvalue weighted by atomic mass is 9.93. The summed E-state index contributed by atoms with van der Waals surface area (Å²) in [6.07, 6.45) is -9.84. The lowest BCUT2D eigenvalue weighted by molar-refractivity contribution is -0.440. The number of hydrogen-bond donors (Lipinski definition) is 1. The SMILES string of the molecule is OCCOCCOCCC(F)(F)C(F)(F)C(F)(F)C(F)(F)C(F)(F)C(F)(F)F. The Labute approximate surface area is 148 Å². The molecular weight excluding hydrogens is 439 g/mol. The van der Waals surface area contributed by atoms with Crippen molar-refractivity contribution < 1.29 is 71.7 Å². The molecular formula is C12H13F13O3. The van der Waals surface area contributed by atoms with Crippen LogP contribution in [0, 0.1) is 0 Å². The van der Waals surface area contributed by atoms with Gasteiger partial charge in [0.2, 0.25) is 0 Å². The van der Waals surface area contributed by atoms with Gasteiger partial charge in [-0.25, -0.2) is 0 Å². The van der Waals surface area contributed by atoms with Crippen molar-refractivity contribution in [1.82, 2.24) is 0 Å². The van der Waals surface area contributed by atoms with E-state index in [0.29, 0.717) is 0 Å². The summed E-state index contributed by atoms with van der Waals surface area (Å²) in [5.41, 5.74) is 0. The van der Waals surface area contributed by atoms with Crippen LogP contribution in [0.5, 0.6) is 0 Å². The highest BCUT2D eigenvalue weighted by Gasteiger charge is 2.90. The van der Waals surface area contributed by atoms with E-state index in [1.807, 2.05) is 0 Å². The molecule has 0 amide bonds. The summed E-state index contributed by atoms with van der Waals surface area (Å²) in [5.74, 6) is -36.9. The highest BCUT2D eigenvalue weighted by Crippen LogP contribution is 2.60. The third-order valence-corrected chi connectivity index (χ3v) is 3.17. The molecule has 0 saturated heterocycles. The van der Waals surface area contributed by atoms with E-state index >= 15 is 0 Å². The van der Waals surface area contributed by atoms with Gasteiger partial charge in [0.05, 0.1) is 33.0 Å². The number of aliphatic hydroxyl groups excluding tert-OH is 1. The molecule has 0 rings (SSSR count). The van der Waals surface area contributed by atoms with Gasteiger partial charge in [0.25, 0.3) is 0 Å². The van der Waals surface area contributed by atoms with E-state index in [-0.39, 0.29) is 13.2 Å². The lowest BCUT2D eigenvalue weighted by Crippen LogP contribution is -2.70. The fourth-order valence-electron chi connectivity index (χ4n) is 1.55. The number of aliphatic hydroxyl groups is 1. The van der Waals surface area contributed by atoms with E-state index in [1.54, 1.807) is 0 Å². The zero-order valence-electron chi connectivity index (χ0n) is 13.4. The lowest BCUT2D eigenvalue weighted by Gasteiger charge is -2.39. The third-order valence-electron chi connectivity index (χ3n) is 3.17. The predicted molar refractivity (Wildman–Crippen MR) is 64.1 cm³/mol. The second-order valence-corrected chi connectivity index (χ2v) is 5.20. The topological polar surface area (TPSA) is 38.7 Å². The fraction of sp³-hybridized carbons (Fsp3) is 1.00. The van der Waals surface area contributed by atoms with Crippen LogP contribution < -0.4 is 0 Å². The van der Waals surface area contributed by atoms with Crippen LogP contribution in [0.25, 0.3) is 0 Å². The minimum atomic E-state index is -7.90. The third kappa shape index (κ3) is 4.93. The van der Waals surface area contributed by atoms with E-state index in [0.717, 1.165) is 0 Å². The van der Waals surface area contributed by atoms with Gasteiger partial charge in [0, 0.05) is 6.42 Å². The molecule has 0 aromatic rings. The summed E-state index contributed by atoms with van der Waals surface area (Å²) in [6, 6.07) is 0. The number of rotatable bonds is 12. The Morgan fingerprint density at radius 1 is 0.500 bits per heavy atom. The van der Waals surface area contributed by atoms with Gasteiger partial charge in [0.15, 0.2) is 0 Å². The van der Waals surface area contributed by atoms with Crippen LogP contribution in [0.3, 0.4) is 0 Å². The van der Waals surface area contributed by atoms with Gasteiger partial charge in [0.1, 0.15) is 0 Å². The van der Waals surface area contributed by atoms with Crippen LogP contribution in [-0.4, -0.2) is 73.9 Å². The molecule has 0 bridgehead atoms. The van der Waals surface area contributed by atoms with Gasteiger partial charge < -0.3 is 14.6 Å². The number of ether oxygens (including phenoxy) is 2. The van der Waals surface area contributed by atoms with E-state index in [1.165, 1.54) is 0 Å². The van der Waals surface area contributed by atoms with Gasteiger partial charge >= 0.3 is 35.8 Å². The Bertz CT molecular complexity index is 490. The van der Waals surface area contributed by atoms with E-state index in [9.17, 15) is 57.1 Å². The first-order valence-corrected chi connectivity index (χ1v) is 7.03. The standard InChI is InChI=1S/C12H13F13O3/c13-7(14,1-3-27-5-6-28-4-2-26)8(15,16)9(17,18)10(19,20)11(21,22)12(23,24)25/h26H,1-6H2. The van der Waals surface area contributed by atoms with E-state index < -0.39 is 62.0 Å². The number of alkyl halides is 13. The van der Waals surface area contributed by atoms with Gasteiger partial charge in [-0.1, -0.05) is 0 Å². The highest BCUT2D eigenvalue weighted by molar-refractivity contribution is 5.10. The van der Waals surface area contributed by atoms with Crippen molar-refractivity contribution in [2.75, 3.05) is 33.0 Å². The molecule has 3 nitrogen and oxygen atoms in total. The van der Waals surface area contributed by atoms with Crippen molar-refractivity contribution in [3.63, 3.8) is 0 Å². The average Bonchev–Trinajstić information content (AvgIpc) is 2.52. The fourth-order valence-corrected chi connectivity index (χ4v) is 1.55. The van der Waals surface area contributed by atoms with Crippen molar-refractivity contribution in [3.05, 3.63) is 0 Å². The Kier molecular flexibility index (Phi) is 8.45. The minimum Gasteiger partial charge on any atom is -0.394 e. The Hall–Kier alpha value is -1.03. The smallest absolute Gasteiger partial charge is 0.394 e. The van der Waals surface area contributed by atoms with Gasteiger partial charge in [-0.05, 0) is 0 Å². The Morgan fingerprint density at radius 2 is 0.893 bits per heavy atom. The molecule has 0 heterocycles. The van der Waals surface area contributed by atoms with Crippen LogP contribution >= 0.6 is 0 Å². The van der Waals surface area contributed by atoms with Gasteiger partial charge in [-0.3, -0.25) is 0 Å². The first-order chi connectivity index (χ1) is 12.3. The Balaban J connectivity index is 5.35. The molecule has 0 aromatic heterocycles. The zero-order chi connectivity index (χ0) is 22.7. The second-order valence-electron chi connectivity index (χ2n) is 5.20. The number of halogens is 13. The Morgan fingerprint density at radius 3 is 1.29 bits per heavy atom. The molecule has 0 radical (unpaired) electrons. The molecule has 170 valence electrons. The van der Waals surface area contributed by atoms with Crippen LogP contribution in [0.4, 0.5) is 57.1 Å². The van der Waals surface area contributed by atoms with Crippen LogP contribution in [0.1, 0.15) is 6.42 Å². The highest BCUT2D eigenvalue weighted by atomic mass is 19.4. The van der Waals surface area contributed by atoms with Crippen molar-refractivity contribution in [2.45, 2.75) is 42.2 Å². The van der Waals surface area contributed by atoms with Crippen molar-refractivity contribution >= 4 is 0 Å². The predicted octanol–water partition coefficient (Wildman–Crippen LogP) is 4.14. The van der Waals surface area contributed by atoms with Gasteiger partial charge in [-0.15, -0.1) is 0 Å². The maximum atomic E-state index is 13.3. The summed E-state index contributed by atoms with van der Waals surface area (Å²) in [5, 5.41) is 8.31. The van der Waals surface area contributed by atoms with Crippen LogP contribution in [0.15, 0.2) is 0 Å². The van der Waals surface area contributed by atoms with E-state index in [2.05, 4.69) is 9.47 Å². The molecule has 16 heteroatoms. The average molecular weight is 452 g/mol. The maximum absolute atomic E-state index is 13.3. The van der Waals surface area contributed by atoms with Crippen molar-refractivity contribution in [2.24, 2.45) is 0 Å².